The molecule has 0 N–H and O–H groups in total. The Morgan fingerprint density at radius 3 is 1.38 bits per heavy atom. The monoisotopic (exact) mass is 715 g/mol. The van der Waals surface area contributed by atoms with Gasteiger partial charge in [0.25, 0.3) is 0 Å². The maximum absolute atomic E-state index is 6.67. The highest BCUT2D eigenvalue weighted by molar-refractivity contribution is 6.10. The van der Waals surface area contributed by atoms with Gasteiger partial charge in [0.05, 0.1) is 40.1 Å². The van der Waals surface area contributed by atoms with Gasteiger partial charge in [-0.05, 0) is 72.8 Å². The molecule has 0 unspecified atom stereocenters. The Kier molecular flexibility index (Phi) is 7.69. The zero-order valence-corrected chi connectivity index (χ0v) is 30.0. The van der Waals surface area contributed by atoms with Crippen LogP contribution in [-0.4, -0.2) is 43.2 Å². The topological polar surface area (TPSA) is 83.1 Å². The van der Waals surface area contributed by atoms with Crippen molar-refractivity contribution < 1.29 is 9.47 Å². The van der Waals surface area contributed by atoms with Crippen molar-refractivity contribution in [1.29, 1.82) is 0 Å². The third-order valence-electron chi connectivity index (χ3n) is 9.81. The van der Waals surface area contributed by atoms with Gasteiger partial charge in [0.1, 0.15) is 34.6 Å². The van der Waals surface area contributed by atoms with Gasteiger partial charge in [-0.15, -0.1) is 0 Å². The molecule has 0 aliphatic rings. The van der Waals surface area contributed by atoms with Crippen LogP contribution in [0.3, 0.4) is 0 Å². The molecule has 0 aliphatic carbocycles. The van der Waals surface area contributed by atoms with Crippen LogP contribution in [0.15, 0.2) is 164 Å². The average molecular weight is 716 g/mol. The minimum atomic E-state index is 0.553. The van der Waals surface area contributed by atoms with E-state index in [1.165, 1.54) is 0 Å². The molecule has 0 atom stereocenters. The van der Waals surface area contributed by atoms with E-state index in [4.69, 9.17) is 19.4 Å². The molecule has 0 spiro atoms. The van der Waals surface area contributed by atoms with Crippen LogP contribution < -0.4 is 14.4 Å². The van der Waals surface area contributed by atoms with E-state index in [9.17, 15) is 0 Å². The van der Waals surface area contributed by atoms with Crippen LogP contribution >= 0.6 is 0 Å². The lowest BCUT2D eigenvalue weighted by Crippen LogP contribution is -2.09. The van der Waals surface area contributed by atoms with Crippen molar-refractivity contribution in [2.45, 2.75) is 0 Å². The third kappa shape index (κ3) is 5.75. The number of fused-ring (bicyclic) bond motifs is 6. The Bertz CT molecular complexity index is 2830. The van der Waals surface area contributed by atoms with E-state index in [1.54, 1.807) is 0 Å². The second kappa shape index (κ2) is 13.2. The fourth-order valence-corrected chi connectivity index (χ4v) is 7.29. The maximum Gasteiger partial charge on any atom is 0.159 e. The molecule has 0 radical (unpaired) electrons. The van der Waals surface area contributed by atoms with E-state index in [-0.39, 0.29) is 0 Å². The highest BCUT2D eigenvalue weighted by atomic mass is 16.5. The summed E-state index contributed by atoms with van der Waals surface area (Å²) >= 11 is 0. The fraction of sp³-hybridized carbons (Fsp3) is 0.0435. The van der Waals surface area contributed by atoms with Crippen LogP contribution in [0.4, 0.5) is 5.69 Å². The van der Waals surface area contributed by atoms with Crippen LogP contribution in [0.25, 0.3) is 66.6 Å². The molecule has 0 saturated carbocycles. The molecule has 5 heterocycles. The highest BCUT2D eigenvalue weighted by Crippen LogP contribution is 2.39. The van der Waals surface area contributed by atoms with Crippen LogP contribution in [-0.2, 0) is 0 Å². The molecule has 55 heavy (non-hydrogen) atoms. The van der Waals surface area contributed by atoms with E-state index in [1.807, 2.05) is 123 Å². The molecule has 0 fully saturated rings. The normalized spacial score (nSPS) is 11.5. The van der Waals surface area contributed by atoms with Crippen LogP contribution in [0.2, 0.25) is 0 Å². The number of para-hydroxylation sites is 2. The third-order valence-corrected chi connectivity index (χ3v) is 9.81. The number of nitrogens with zero attached hydrogens (tertiary/aromatic N) is 7. The summed E-state index contributed by atoms with van der Waals surface area (Å²) in [5.74, 6) is 4.72. The molecular weight excluding hydrogens is 683 g/mol. The van der Waals surface area contributed by atoms with Gasteiger partial charge in [-0.1, -0.05) is 48.5 Å². The van der Waals surface area contributed by atoms with Crippen molar-refractivity contribution in [3.8, 4) is 46.0 Å². The quantitative estimate of drug-likeness (QED) is 0.155. The predicted molar refractivity (Wildman–Crippen MR) is 219 cm³/mol. The summed E-state index contributed by atoms with van der Waals surface area (Å²) in [5.41, 5.74) is 5.78. The van der Waals surface area contributed by atoms with Gasteiger partial charge >= 0.3 is 0 Å². The highest BCUT2D eigenvalue weighted by Gasteiger charge is 2.17. The van der Waals surface area contributed by atoms with Crippen molar-refractivity contribution in [2.24, 2.45) is 0 Å². The first-order valence-electron chi connectivity index (χ1n) is 18.0. The molecule has 5 aromatic carbocycles. The Morgan fingerprint density at radius 1 is 0.436 bits per heavy atom. The summed E-state index contributed by atoms with van der Waals surface area (Å²) < 4.78 is 17.7. The van der Waals surface area contributed by atoms with Crippen LogP contribution in [0, 0.1) is 0 Å². The smallest absolute Gasteiger partial charge is 0.159 e. The average Bonchev–Trinajstić information content (AvgIpc) is 3.73. The Morgan fingerprint density at radius 2 is 0.909 bits per heavy atom. The summed E-state index contributed by atoms with van der Waals surface area (Å²) in [5, 5.41) is 4.51. The van der Waals surface area contributed by atoms with Gasteiger partial charge in [0.2, 0.25) is 0 Å². The molecule has 0 saturated heterocycles. The number of pyridine rings is 2. The van der Waals surface area contributed by atoms with Gasteiger partial charge in [0.15, 0.2) is 5.82 Å². The summed E-state index contributed by atoms with van der Waals surface area (Å²) in [6, 6.07) is 46.7. The van der Waals surface area contributed by atoms with Crippen molar-refractivity contribution >= 4 is 49.3 Å². The molecule has 9 heteroatoms. The lowest BCUT2D eigenvalue weighted by molar-refractivity contribution is 0.461. The SMILES string of the molecule is CN(C)c1cnc(-c2cc(Oc3ccc4c5ccccc5n(-c5ccccn5)c4c3)cc(Oc3ccc4c5ccccc5n(-c5ccccn5)c4c3)c2)nc1. The van der Waals surface area contributed by atoms with Crippen LogP contribution in [0.1, 0.15) is 0 Å². The molecule has 0 amide bonds. The summed E-state index contributed by atoms with van der Waals surface area (Å²) in [4.78, 5) is 20.7. The molecule has 0 aliphatic heterocycles. The van der Waals surface area contributed by atoms with Crippen molar-refractivity contribution in [2.75, 3.05) is 19.0 Å². The van der Waals surface area contributed by atoms with Gasteiger partial charge in [-0.25, -0.2) is 19.9 Å². The molecular formula is C46H33N7O2. The standard InChI is InChI=1S/C46H33N7O2/c1-51(2)31-28-49-46(50-29-31)30-23-34(54-32-17-19-38-36-11-3-5-13-40(36)52(42(38)26-32)44-15-7-9-21-47-44)25-35(24-30)55-33-18-20-39-37-12-4-6-14-41(37)53(43(39)27-33)45-16-8-10-22-48-45/h3-29H,1-2H3. The molecule has 264 valence electrons. The second-order valence-electron chi connectivity index (χ2n) is 13.5. The van der Waals surface area contributed by atoms with Crippen molar-refractivity contribution in [3.63, 3.8) is 0 Å². The number of anilines is 1. The molecule has 10 aromatic rings. The Balaban J connectivity index is 1.08. The maximum atomic E-state index is 6.67. The molecule has 5 aromatic heterocycles. The number of aromatic nitrogens is 6. The van der Waals surface area contributed by atoms with Crippen LogP contribution in [0.5, 0.6) is 23.0 Å². The number of ether oxygens (including phenoxy) is 2. The molecule has 0 bridgehead atoms. The number of hydrogen-bond donors (Lipinski definition) is 0. The van der Waals surface area contributed by atoms with E-state index >= 15 is 0 Å². The lowest BCUT2D eigenvalue weighted by Gasteiger charge is -2.14. The van der Waals surface area contributed by atoms with Crippen molar-refractivity contribution in [3.05, 3.63) is 164 Å². The minimum Gasteiger partial charge on any atom is -0.457 e. The van der Waals surface area contributed by atoms with Gasteiger partial charge < -0.3 is 14.4 Å². The second-order valence-corrected chi connectivity index (χ2v) is 13.5. The van der Waals surface area contributed by atoms with E-state index in [2.05, 4.69) is 79.8 Å². The summed E-state index contributed by atoms with van der Waals surface area (Å²) in [6.07, 6.45) is 7.25. The predicted octanol–water partition coefficient (Wildman–Crippen LogP) is 10.8. The number of hydrogen-bond acceptors (Lipinski definition) is 7. The Labute approximate surface area is 316 Å². The summed E-state index contributed by atoms with van der Waals surface area (Å²) in [7, 11) is 3.93. The Hall–Kier alpha value is -7.52. The first-order valence-corrected chi connectivity index (χ1v) is 18.0. The fourth-order valence-electron chi connectivity index (χ4n) is 7.29. The molecule has 10 rings (SSSR count). The molecule has 9 nitrogen and oxygen atoms in total. The zero-order valence-electron chi connectivity index (χ0n) is 30.0. The first-order chi connectivity index (χ1) is 27.1. The largest absolute Gasteiger partial charge is 0.457 e. The lowest BCUT2D eigenvalue weighted by atomic mass is 10.1. The summed E-state index contributed by atoms with van der Waals surface area (Å²) in [6.45, 7) is 0. The number of benzene rings is 5. The first kappa shape index (κ1) is 32.2. The van der Waals surface area contributed by atoms with Gasteiger partial charge in [0, 0.05) is 71.8 Å². The minimum absolute atomic E-state index is 0.553. The van der Waals surface area contributed by atoms with E-state index in [0.29, 0.717) is 28.8 Å². The zero-order chi connectivity index (χ0) is 36.9. The van der Waals surface area contributed by atoms with E-state index < -0.39 is 0 Å². The van der Waals surface area contributed by atoms with Gasteiger partial charge in [-0.2, -0.15) is 0 Å². The number of rotatable bonds is 8. The van der Waals surface area contributed by atoms with Crippen molar-refractivity contribution in [1.82, 2.24) is 29.1 Å². The van der Waals surface area contributed by atoms with Gasteiger partial charge in [-0.3, -0.25) is 9.13 Å². The van der Waals surface area contributed by atoms with E-state index in [0.717, 1.165) is 66.5 Å².